The summed E-state index contributed by atoms with van der Waals surface area (Å²) in [6.45, 7) is 6.07. The van der Waals surface area contributed by atoms with Gasteiger partial charge < -0.3 is 5.32 Å². The van der Waals surface area contributed by atoms with Crippen molar-refractivity contribution >= 4 is 51.9 Å². The normalized spacial score (nSPS) is 21.2. The van der Waals surface area contributed by atoms with E-state index in [1.54, 1.807) is 23.3 Å². The third-order valence-corrected chi connectivity index (χ3v) is 8.95. The first-order valence-corrected chi connectivity index (χ1v) is 14.1. The molecule has 3 N–H and O–H groups in total. The van der Waals surface area contributed by atoms with Gasteiger partial charge in [0.05, 0.1) is 6.20 Å². The molecule has 2 aliphatic heterocycles. The molecule has 1 aliphatic carbocycles. The second kappa shape index (κ2) is 10.2. The van der Waals surface area contributed by atoms with Gasteiger partial charge in [-0.05, 0) is 79.8 Å². The van der Waals surface area contributed by atoms with Crippen molar-refractivity contribution in [1.82, 2.24) is 9.62 Å². The summed E-state index contributed by atoms with van der Waals surface area (Å²) in [6, 6.07) is 4.38. The molecule has 0 unspecified atom stereocenters. The van der Waals surface area contributed by atoms with E-state index in [-0.39, 0.29) is 5.91 Å². The smallest absolute Gasteiger partial charge is 0.312 e. The standard InChI is InChI=1S/C26H33N5OS2/c1-18-16-21(28-25-27-11-15-33-25)17-19(2)22(18)8-14-34-31-12-9-26(10-13-31)24(32)29-23(30-26)20-6-4-3-5-7-20/h8,11,14-17,20H,3-7,9-10,12-13H2,1-2H3,(H,27,28)(H,29,30,32)/p+1/b14-8+. The average Bonchev–Trinajstić information content (AvgIpc) is 3.46. The average molecular weight is 497 g/mol. The lowest BCUT2D eigenvalue weighted by Gasteiger charge is -2.34. The first-order valence-electron chi connectivity index (χ1n) is 12.4. The van der Waals surface area contributed by atoms with Crippen LogP contribution in [0.15, 0.2) is 34.1 Å². The van der Waals surface area contributed by atoms with Crippen LogP contribution < -0.4 is 15.6 Å². The Labute approximate surface area is 210 Å². The summed E-state index contributed by atoms with van der Waals surface area (Å²) in [5.41, 5.74) is 4.34. The molecule has 0 radical (unpaired) electrons. The predicted octanol–water partition coefficient (Wildman–Crippen LogP) is 5.48. The number of carbonyl (C=O) groups is 1. The van der Waals surface area contributed by atoms with Gasteiger partial charge in [0.1, 0.15) is 17.1 Å². The minimum Gasteiger partial charge on any atom is -0.312 e. The molecule has 1 saturated heterocycles. The highest BCUT2D eigenvalue weighted by Crippen LogP contribution is 2.36. The molecule has 180 valence electrons. The van der Waals surface area contributed by atoms with E-state index in [4.69, 9.17) is 4.99 Å². The topological polar surface area (TPSA) is 70.9 Å². The van der Waals surface area contributed by atoms with Gasteiger partial charge in [0, 0.05) is 24.4 Å². The molecular weight excluding hydrogens is 462 g/mol. The largest absolute Gasteiger partial charge is 0.336 e. The van der Waals surface area contributed by atoms with Gasteiger partial charge in [-0.1, -0.05) is 42.5 Å². The highest BCUT2D eigenvalue weighted by molar-refractivity contribution is 8.00. The number of benzene rings is 1. The van der Waals surface area contributed by atoms with Crippen LogP contribution >= 0.6 is 23.3 Å². The quantitative estimate of drug-likeness (QED) is 0.519. The number of hydrogen-bond acceptors (Lipinski definition) is 6. The minimum absolute atomic E-state index is 0.133. The summed E-state index contributed by atoms with van der Waals surface area (Å²) in [5, 5.41) is 11.8. The van der Waals surface area contributed by atoms with Crippen molar-refractivity contribution in [1.29, 1.82) is 0 Å². The lowest BCUT2D eigenvalue weighted by atomic mass is 9.88. The van der Waals surface area contributed by atoms with Crippen LogP contribution in [0.1, 0.15) is 61.6 Å². The van der Waals surface area contributed by atoms with Gasteiger partial charge in [-0.15, -0.1) is 0 Å². The van der Waals surface area contributed by atoms with Gasteiger partial charge in [0.25, 0.3) is 5.91 Å². The molecule has 6 nitrogen and oxygen atoms in total. The van der Waals surface area contributed by atoms with E-state index < -0.39 is 5.54 Å². The number of amidine groups is 1. The second-order valence-electron chi connectivity index (χ2n) is 9.70. The number of aliphatic imine (C=N–C) groups is 1. The van der Waals surface area contributed by atoms with Gasteiger partial charge in [0.2, 0.25) is 0 Å². The lowest BCUT2D eigenvalue weighted by Crippen LogP contribution is -2.47. The summed E-state index contributed by atoms with van der Waals surface area (Å²) in [6.07, 6.45) is 11.9. The summed E-state index contributed by atoms with van der Waals surface area (Å²) in [4.78, 5) is 21.0. The van der Waals surface area contributed by atoms with E-state index in [1.165, 1.54) is 48.8 Å². The van der Waals surface area contributed by atoms with Crippen molar-refractivity contribution in [2.75, 3.05) is 18.4 Å². The van der Waals surface area contributed by atoms with Crippen molar-refractivity contribution in [2.45, 2.75) is 64.3 Å². The Morgan fingerprint density at radius 1 is 1.21 bits per heavy atom. The fourth-order valence-electron chi connectivity index (χ4n) is 5.35. The molecule has 0 atom stereocenters. The van der Waals surface area contributed by atoms with Crippen molar-refractivity contribution in [2.24, 2.45) is 10.9 Å². The molecule has 3 aliphatic rings. The van der Waals surface area contributed by atoms with Gasteiger partial charge in [-0.25, -0.2) is 14.6 Å². The second-order valence-corrected chi connectivity index (χ2v) is 11.6. The van der Waals surface area contributed by atoms with E-state index in [2.05, 4.69) is 57.4 Å². The summed E-state index contributed by atoms with van der Waals surface area (Å²) in [5.74, 6) is 1.57. The minimum atomic E-state index is -0.524. The maximum atomic E-state index is 12.8. The van der Waals surface area contributed by atoms with Crippen molar-refractivity contribution < 1.29 is 9.78 Å². The number of aromatic amines is 1. The number of nitrogens with zero attached hydrogens (tertiary/aromatic N) is 2. The maximum Gasteiger partial charge on any atom is 0.336 e. The molecule has 2 fully saturated rings. The summed E-state index contributed by atoms with van der Waals surface area (Å²) >= 11 is 3.40. The molecule has 34 heavy (non-hydrogen) atoms. The molecule has 1 spiro atoms. The predicted molar refractivity (Wildman–Crippen MR) is 142 cm³/mol. The van der Waals surface area contributed by atoms with E-state index in [1.807, 2.05) is 11.6 Å². The summed E-state index contributed by atoms with van der Waals surface area (Å²) in [7, 11) is 0. The third kappa shape index (κ3) is 5.09. The Kier molecular flexibility index (Phi) is 7.09. The van der Waals surface area contributed by atoms with Crippen LogP contribution in [-0.4, -0.2) is 34.7 Å². The number of rotatable bonds is 6. The van der Waals surface area contributed by atoms with E-state index in [9.17, 15) is 4.79 Å². The number of anilines is 2. The first-order chi connectivity index (χ1) is 16.5. The number of nitrogens with one attached hydrogen (secondary N) is 3. The van der Waals surface area contributed by atoms with Crippen molar-refractivity contribution in [3.05, 3.63) is 45.8 Å². The highest BCUT2D eigenvalue weighted by Gasteiger charge is 2.46. The summed E-state index contributed by atoms with van der Waals surface area (Å²) < 4.78 is 2.36. The SMILES string of the molecule is Cc1cc(Nc2[nH+]ccs2)cc(C)c1/C=C/SN1CCC2(CC1)N=C(C1CCCCC1)NC2=O. The number of aryl methyl sites for hydroxylation is 2. The Bertz CT molecular complexity index is 1060. The van der Waals surface area contributed by atoms with Crippen molar-refractivity contribution in [3.63, 3.8) is 0 Å². The molecule has 1 aromatic heterocycles. The van der Waals surface area contributed by atoms with Gasteiger partial charge in [0.15, 0.2) is 0 Å². The molecule has 5 rings (SSSR count). The van der Waals surface area contributed by atoms with Crippen LogP contribution in [0.2, 0.25) is 0 Å². The van der Waals surface area contributed by atoms with Crippen LogP contribution in [0, 0.1) is 19.8 Å². The van der Waals surface area contributed by atoms with Crippen LogP contribution in [0.25, 0.3) is 6.08 Å². The Morgan fingerprint density at radius 2 is 1.94 bits per heavy atom. The Hall–Kier alpha value is -2.16. The van der Waals surface area contributed by atoms with Crippen LogP contribution in [0.4, 0.5) is 10.8 Å². The Balaban J connectivity index is 1.17. The number of carbonyl (C=O) groups excluding carboxylic acids is 1. The maximum absolute atomic E-state index is 12.8. The number of thiazole rings is 1. The zero-order valence-corrected chi connectivity index (χ0v) is 21.7. The van der Waals surface area contributed by atoms with Gasteiger partial charge in [-0.2, -0.15) is 0 Å². The molecule has 1 aromatic carbocycles. The van der Waals surface area contributed by atoms with E-state index in [0.717, 1.165) is 42.6 Å². The van der Waals surface area contributed by atoms with Crippen LogP contribution in [0.3, 0.4) is 0 Å². The molecule has 1 amide bonds. The van der Waals surface area contributed by atoms with Gasteiger partial charge >= 0.3 is 5.13 Å². The lowest BCUT2D eigenvalue weighted by molar-refractivity contribution is -0.354. The van der Waals surface area contributed by atoms with E-state index in [0.29, 0.717) is 5.92 Å². The number of amides is 1. The fourth-order valence-corrected chi connectivity index (χ4v) is 6.70. The highest BCUT2D eigenvalue weighted by atomic mass is 32.2. The molecular formula is C26H34N5OS2+. The van der Waals surface area contributed by atoms with Crippen LogP contribution in [-0.2, 0) is 4.79 Å². The number of H-pyrrole nitrogens is 1. The third-order valence-electron chi connectivity index (χ3n) is 7.30. The first kappa shape index (κ1) is 23.6. The monoisotopic (exact) mass is 496 g/mol. The molecule has 1 saturated carbocycles. The number of hydrogen-bond donors (Lipinski definition) is 2. The van der Waals surface area contributed by atoms with E-state index >= 15 is 0 Å². The molecule has 2 aromatic rings. The zero-order valence-electron chi connectivity index (χ0n) is 20.0. The molecule has 0 bridgehead atoms. The fraction of sp³-hybridized carbons (Fsp3) is 0.500. The number of aromatic nitrogens is 1. The molecule has 3 heterocycles. The number of piperidine rings is 1. The van der Waals surface area contributed by atoms with Crippen molar-refractivity contribution in [3.8, 4) is 0 Å². The zero-order chi connectivity index (χ0) is 23.5. The van der Waals surface area contributed by atoms with Crippen LogP contribution in [0.5, 0.6) is 0 Å². The molecule has 8 heteroatoms. The van der Waals surface area contributed by atoms with Gasteiger partial charge in [-0.3, -0.25) is 9.79 Å². The Morgan fingerprint density at radius 3 is 2.62 bits per heavy atom.